The Morgan fingerprint density at radius 3 is 1.33 bits per heavy atom. The number of unbranched alkanes of at least 4 members (excludes halogenated alkanes) is 1. The van der Waals surface area contributed by atoms with Gasteiger partial charge in [0.2, 0.25) is 0 Å². The summed E-state index contributed by atoms with van der Waals surface area (Å²) in [5.74, 6) is 0.0156. The maximum absolute atomic E-state index is 11.4. The molecule has 0 radical (unpaired) electrons. The maximum atomic E-state index is 11.4. The highest BCUT2D eigenvalue weighted by Gasteiger charge is 2.27. The molecule has 9 heteroatoms. The Bertz CT molecular complexity index is 1020. The number of rotatable bonds is 18. The van der Waals surface area contributed by atoms with Crippen LogP contribution in [-0.4, -0.2) is 61.0 Å². The third kappa shape index (κ3) is 51.3. The summed E-state index contributed by atoms with van der Waals surface area (Å²) in [5, 5.41) is 16.6. The molecule has 0 aliphatic rings. The Hall–Kier alpha value is -2.94. The highest BCUT2D eigenvalue weighted by Crippen LogP contribution is 2.22. The van der Waals surface area contributed by atoms with E-state index in [0.29, 0.717) is 18.4 Å². The predicted molar refractivity (Wildman–Crippen MR) is 275 cm³/mol. The first-order valence-corrected chi connectivity index (χ1v) is 19.6. The molecule has 0 saturated carbocycles. The molecule has 0 aliphatic heterocycles. The molecule has 0 heterocycles. The summed E-state index contributed by atoms with van der Waals surface area (Å²) in [5.41, 5.74) is 0.717. The van der Waals surface area contributed by atoms with Crippen molar-refractivity contribution in [1.29, 1.82) is 0 Å². The first-order valence-electron chi connectivity index (χ1n) is 19.6. The molecule has 4 unspecified atom stereocenters. The van der Waals surface area contributed by atoms with E-state index in [4.69, 9.17) is 19.7 Å². The van der Waals surface area contributed by atoms with Gasteiger partial charge in [-0.15, -0.1) is 0 Å². The van der Waals surface area contributed by atoms with E-state index in [-0.39, 0.29) is 115 Å². The van der Waals surface area contributed by atoms with Crippen molar-refractivity contribution < 1.29 is 43.6 Å². The van der Waals surface area contributed by atoms with Crippen molar-refractivity contribution in [2.45, 2.75) is 227 Å². The van der Waals surface area contributed by atoms with Gasteiger partial charge in [0.05, 0.1) is 43.0 Å². The second kappa shape index (κ2) is 57.1. The van der Waals surface area contributed by atoms with Crippen LogP contribution in [0.3, 0.4) is 0 Å². The zero-order valence-electron chi connectivity index (χ0n) is 35.9. The molecule has 378 valence electrons. The molecule has 1 aromatic rings. The van der Waals surface area contributed by atoms with E-state index in [1.807, 2.05) is 62.3 Å². The number of aliphatic carboxylic acids is 1. The number of aliphatic hydroxyl groups excluding tert-OH is 1. The second-order valence-corrected chi connectivity index (χ2v) is 14.5. The Morgan fingerprint density at radius 1 is 0.623 bits per heavy atom. The van der Waals surface area contributed by atoms with Crippen LogP contribution in [0.4, 0.5) is 0 Å². The van der Waals surface area contributed by atoms with Crippen LogP contribution in [0, 0.1) is 28.6 Å². The van der Waals surface area contributed by atoms with Crippen LogP contribution in [0.1, 0.15) is 233 Å². The number of carboxylic acid groups (broad SMARTS) is 1. The van der Waals surface area contributed by atoms with Gasteiger partial charge in [0.25, 0.3) is 0 Å². The Morgan fingerprint density at radius 2 is 1.05 bits per heavy atom. The lowest BCUT2D eigenvalue weighted by Crippen LogP contribution is -2.26. The number of methoxy groups -OCH3 is 1. The quantitative estimate of drug-likeness (QED) is 0.109. The predicted octanol–water partition coefficient (Wildman–Crippen LogP) is 16.4. The number of carboxylic acids is 1. The van der Waals surface area contributed by atoms with E-state index in [1.165, 1.54) is 38.4 Å². The Balaban J connectivity index is -0.0000000421. The van der Waals surface area contributed by atoms with E-state index >= 15 is 0 Å². The largest absolute Gasteiger partial charge is 0.481 e. The van der Waals surface area contributed by atoms with Gasteiger partial charge in [-0.3, -0.25) is 19.2 Å². The zero-order chi connectivity index (χ0) is 41.3. The Labute approximate surface area is 385 Å². The van der Waals surface area contributed by atoms with E-state index in [2.05, 4.69) is 62.8 Å². The van der Waals surface area contributed by atoms with E-state index in [9.17, 15) is 19.2 Å². The summed E-state index contributed by atoms with van der Waals surface area (Å²) in [6.07, 6.45) is 9.12. The van der Waals surface area contributed by atoms with Crippen LogP contribution in [0.25, 0.3) is 0 Å². The van der Waals surface area contributed by atoms with Crippen molar-refractivity contribution in [2.75, 3.05) is 26.9 Å². The first kappa shape index (κ1) is 93.1. The first-order chi connectivity index (χ1) is 24.3. The molecular weight excluding hydrogens is 769 g/mol. The van der Waals surface area contributed by atoms with E-state index in [0.717, 1.165) is 32.1 Å². The topological polar surface area (TPSA) is 136 Å². The fraction of sp³-hybridized carbons (Fsp3) is 0.808. The molecule has 0 aromatic heterocycles. The minimum atomic E-state index is -0.706. The minimum Gasteiger partial charge on any atom is -0.481 e. The third-order valence-corrected chi connectivity index (χ3v) is 9.42. The average Bonchev–Trinajstić information content (AvgIpc) is 3.16. The van der Waals surface area contributed by atoms with Crippen LogP contribution in [0.5, 0.6) is 0 Å². The fourth-order valence-corrected chi connectivity index (χ4v) is 3.50. The number of hydrogen-bond donors (Lipinski definition) is 2. The van der Waals surface area contributed by atoms with Crippen LogP contribution in [0.2, 0.25) is 0 Å². The number of benzene rings is 1. The molecule has 0 spiro atoms. The molecule has 2 N–H and O–H groups in total. The highest BCUT2D eigenvalue weighted by molar-refractivity contribution is 5.76. The lowest BCUT2D eigenvalue weighted by Gasteiger charge is -2.19. The maximum Gasteiger partial charge on any atom is 0.311 e. The van der Waals surface area contributed by atoms with Crippen molar-refractivity contribution >= 4 is 23.9 Å². The summed E-state index contributed by atoms with van der Waals surface area (Å²) in [6.45, 7) is 28.2. The van der Waals surface area contributed by atoms with E-state index in [1.54, 1.807) is 6.92 Å². The van der Waals surface area contributed by atoms with Crippen LogP contribution in [0.15, 0.2) is 30.3 Å². The highest BCUT2D eigenvalue weighted by atomic mass is 16.5. The Kier molecular flexibility index (Phi) is 87.1. The van der Waals surface area contributed by atoms with Crippen molar-refractivity contribution in [3.63, 3.8) is 0 Å². The molecule has 1 aromatic carbocycles. The van der Waals surface area contributed by atoms with Crippen LogP contribution in [-0.2, 0) is 33.4 Å². The number of aliphatic hydroxyl groups is 1. The van der Waals surface area contributed by atoms with Gasteiger partial charge in [0.15, 0.2) is 0 Å². The van der Waals surface area contributed by atoms with Gasteiger partial charge < -0.3 is 24.4 Å². The van der Waals surface area contributed by atoms with Crippen LogP contribution < -0.4 is 0 Å². The van der Waals surface area contributed by atoms with Gasteiger partial charge in [0.1, 0.15) is 6.61 Å². The molecule has 0 amide bonds. The summed E-state index contributed by atoms with van der Waals surface area (Å²) >= 11 is 0. The van der Waals surface area contributed by atoms with Crippen molar-refractivity contribution in [3.05, 3.63) is 35.9 Å². The number of carbonyl (C=O) groups is 4. The van der Waals surface area contributed by atoms with Gasteiger partial charge in [-0.2, -0.15) is 0 Å². The van der Waals surface area contributed by atoms with Crippen molar-refractivity contribution in [3.8, 4) is 0 Å². The molecule has 0 saturated heterocycles. The van der Waals surface area contributed by atoms with Gasteiger partial charge in [-0.1, -0.05) is 186 Å². The zero-order valence-corrected chi connectivity index (χ0v) is 35.9. The molecule has 61 heavy (non-hydrogen) atoms. The molecule has 0 bridgehead atoms. The third-order valence-electron chi connectivity index (χ3n) is 9.42. The standard InChI is InChI=1S/C13H26O2.C10H14.C8H16O3.C7H14O2.C5H10O2.9CH4/c1-5-8-9-12(7-3)10-15-13(14)11(4)6-2;1-3-9(2)10-7-5-4-6-8-10;1-4-8(2,3)7(10)11-6-5-9;1-5-7(2,3)6(8)9-4;1-3-4(2)5(6)7;;;;;;;;;/h11-12H,5-10H2,1-4H3;4-9H,3H2,1-2H3;9H,4-6H2,1-3H3;5H2,1-4H3;4H,3H2,1-2H3,(H,6,7);9*1H4. The molecule has 0 fully saturated rings. The number of hydrogen-bond acceptors (Lipinski definition) is 8. The SMILES string of the molecule is C.C.C.C.C.C.C.C.C.CCC(C)(C)C(=O)OC.CCC(C)(C)C(=O)OCCO.CCC(C)C(=O)O.CCC(C)c1ccccc1.CCCCC(CC)COC(=O)C(C)CC. The van der Waals surface area contributed by atoms with Gasteiger partial charge in [-0.05, 0) is 83.6 Å². The lowest BCUT2D eigenvalue weighted by molar-refractivity contribution is -0.155. The molecular formula is C52H116O9. The molecule has 1 rings (SSSR count). The van der Waals surface area contributed by atoms with Gasteiger partial charge in [-0.25, -0.2) is 0 Å². The van der Waals surface area contributed by atoms with Gasteiger partial charge >= 0.3 is 23.9 Å². The number of carbonyl (C=O) groups excluding carboxylic acids is 3. The van der Waals surface area contributed by atoms with Crippen molar-refractivity contribution in [1.82, 2.24) is 0 Å². The van der Waals surface area contributed by atoms with Gasteiger partial charge in [0, 0.05) is 0 Å². The average molecular weight is 885 g/mol. The molecule has 0 aliphatic carbocycles. The minimum absolute atomic E-state index is 0. The fourth-order valence-electron chi connectivity index (χ4n) is 3.50. The smallest absolute Gasteiger partial charge is 0.311 e. The van der Waals surface area contributed by atoms with Crippen molar-refractivity contribution in [2.24, 2.45) is 28.6 Å². The second-order valence-electron chi connectivity index (χ2n) is 14.5. The normalized spacial score (nSPS) is 11.0. The molecule has 4 atom stereocenters. The number of esters is 3. The summed E-state index contributed by atoms with van der Waals surface area (Å²) in [7, 11) is 1.42. The molecule has 9 nitrogen and oxygen atoms in total. The summed E-state index contributed by atoms with van der Waals surface area (Å²) in [4.78, 5) is 43.3. The summed E-state index contributed by atoms with van der Waals surface area (Å²) < 4.78 is 14.6. The van der Waals surface area contributed by atoms with Crippen LogP contribution >= 0.6 is 0 Å². The number of ether oxygens (including phenoxy) is 3. The van der Waals surface area contributed by atoms with E-state index < -0.39 is 11.4 Å². The summed E-state index contributed by atoms with van der Waals surface area (Å²) in [6, 6.07) is 10.6. The lowest BCUT2D eigenvalue weighted by atomic mass is 9.91. The monoisotopic (exact) mass is 885 g/mol.